The third-order valence-corrected chi connectivity index (χ3v) is 10.7. The first-order valence-electron chi connectivity index (χ1n) is 15.8. The van der Waals surface area contributed by atoms with Crippen LogP contribution in [0.1, 0.15) is 0 Å². The number of aromatic nitrogens is 1. The first-order chi connectivity index (χ1) is 22.8. The molecule has 0 aliphatic carbocycles. The van der Waals surface area contributed by atoms with E-state index in [1.54, 1.807) is 0 Å². The predicted molar refractivity (Wildman–Crippen MR) is 196 cm³/mol. The van der Waals surface area contributed by atoms with Gasteiger partial charge in [0.1, 0.15) is 0 Å². The molecule has 0 radical (unpaired) electrons. The zero-order valence-electron chi connectivity index (χ0n) is 24.9. The van der Waals surface area contributed by atoms with Crippen LogP contribution in [0.25, 0.3) is 82.4 Å². The summed E-state index contributed by atoms with van der Waals surface area (Å²) in [5.74, 6) is 0. The lowest BCUT2D eigenvalue weighted by Gasteiger charge is -2.22. The Morgan fingerprint density at radius 1 is 0.391 bits per heavy atom. The Kier molecular flexibility index (Phi) is 5.58. The van der Waals surface area contributed by atoms with E-state index in [0.29, 0.717) is 0 Å². The first kappa shape index (κ1) is 25.7. The fourth-order valence-corrected chi connectivity index (χ4v) is 8.73. The fraction of sp³-hybridized carbons (Fsp3) is 0. The molecule has 0 saturated carbocycles. The molecule has 46 heavy (non-hydrogen) atoms. The Balaban J connectivity index is 1.20. The minimum absolute atomic E-state index is 1.17. The molecule has 1 aliphatic rings. The Labute approximate surface area is 271 Å². The van der Waals surface area contributed by atoms with Crippen molar-refractivity contribution in [2.75, 3.05) is 0 Å². The van der Waals surface area contributed by atoms with Crippen LogP contribution >= 0.6 is 11.8 Å². The molecule has 1 aliphatic heterocycles. The van der Waals surface area contributed by atoms with Crippen molar-refractivity contribution in [3.8, 4) is 39.1 Å². The van der Waals surface area contributed by atoms with Gasteiger partial charge < -0.3 is 4.57 Å². The molecule has 2 heteroatoms. The maximum absolute atomic E-state index is 2.45. The largest absolute Gasteiger partial charge is 0.309 e. The molecule has 0 saturated heterocycles. The van der Waals surface area contributed by atoms with Crippen molar-refractivity contribution in [3.05, 3.63) is 164 Å². The van der Waals surface area contributed by atoms with Crippen LogP contribution in [-0.4, -0.2) is 4.57 Å². The summed E-state index contributed by atoms with van der Waals surface area (Å²) in [5, 5.41) is 7.73. The van der Waals surface area contributed by atoms with Crippen LogP contribution in [0.3, 0.4) is 0 Å². The topological polar surface area (TPSA) is 4.93 Å². The van der Waals surface area contributed by atoms with Gasteiger partial charge in [0.25, 0.3) is 0 Å². The zero-order valence-corrected chi connectivity index (χ0v) is 25.8. The summed E-state index contributed by atoms with van der Waals surface area (Å²) in [6.07, 6.45) is 0. The number of hydrogen-bond acceptors (Lipinski definition) is 1. The second-order valence-corrected chi connectivity index (χ2v) is 13.2. The lowest BCUT2D eigenvalue weighted by Crippen LogP contribution is -1.96. The van der Waals surface area contributed by atoms with E-state index in [-0.39, 0.29) is 0 Å². The van der Waals surface area contributed by atoms with E-state index in [0.717, 1.165) is 0 Å². The van der Waals surface area contributed by atoms with Gasteiger partial charge in [0.15, 0.2) is 0 Å². The van der Waals surface area contributed by atoms with E-state index in [9.17, 15) is 0 Å². The summed E-state index contributed by atoms with van der Waals surface area (Å²) in [4.78, 5) is 2.65. The van der Waals surface area contributed by atoms with Crippen LogP contribution in [0.4, 0.5) is 0 Å². The lowest BCUT2D eigenvalue weighted by atomic mass is 9.89. The summed E-state index contributed by atoms with van der Waals surface area (Å²) < 4.78 is 2.45. The second kappa shape index (κ2) is 9.97. The van der Waals surface area contributed by atoms with Crippen molar-refractivity contribution in [2.24, 2.45) is 0 Å². The van der Waals surface area contributed by atoms with Gasteiger partial charge in [-0.3, -0.25) is 0 Å². The van der Waals surface area contributed by atoms with E-state index in [1.165, 1.54) is 92.2 Å². The van der Waals surface area contributed by atoms with Crippen molar-refractivity contribution in [1.29, 1.82) is 0 Å². The molecule has 0 fully saturated rings. The average Bonchev–Trinajstić information content (AvgIpc) is 3.47. The number of nitrogens with zero attached hydrogens (tertiary/aromatic N) is 1. The van der Waals surface area contributed by atoms with Crippen LogP contribution in [0.15, 0.2) is 174 Å². The van der Waals surface area contributed by atoms with Crippen LogP contribution in [-0.2, 0) is 0 Å². The highest BCUT2D eigenvalue weighted by Crippen LogP contribution is 2.50. The van der Waals surface area contributed by atoms with Crippen LogP contribution in [0.2, 0.25) is 0 Å². The summed E-state index contributed by atoms with van der Waals surface area (Å²) in [6, 6.07) is 60.2. The number of rotatable bonds is 3. The molecular formula is C44H27NS. The normalized spacial score (nSPS) is 12.3. The minimum atomic E-state index is 1.17. The summed E-state index contributed by atoms with van der Waals surface area (Å²) >= 11 is 1.88. The van der Waals surface area contributed by atoms with Crippen molar-refractivity contribution in [3.63, 3.8) is 0 Å². The molecule has 0 atom stereocenters. The highest BCUT2D eigenvalue weighted by Gasteiger charge is 2.21. The number of fused-ring (bicyclic) bond motifs is 7. The van der Waals surface area contributed by atoms with Gasteiger partial charge in [0.2, 0.25) is 0 Å². The van der Waals surface area contributed by atoms with E-state index in [1.807, 2.05) is 11.8 Å². The fourth-order valence-electron chi connectivity index (χ4n) is 7.60. The molecule has 10 rings (SSSR count). The highest BCUT2D eigenvalue weighted by molar-refractivity contribution is 7.99. The molecule has 1 nitrogen and oxygen atoms in total. The minimum Gasteiger partial charge on any atom is -0.309 e. The summed E-state index contributed by atoms with van der Waals surface area (Å²) in [5.41, 5.74) is 11.2. The van der Waals surface area contributed by atoms with E-state index >= 15 is 0 Å². The molecule has 9 aromatic rings. The Hall–Kier alpha value is -5.57. The van der Waals surface area contributed by atoms with Gasteiger partial charge in [-0.15, -0.1) is 0 Å². The maximum Gasteiger partial charge on any atom is 0.0619 e. The Bertz CT molecular complexity index is 2680. The van der Waals surface area contributed by atoms with Gasteiger partial charge >= 0.3 is 0 Å². The molecule has 8 aromatic carbocycles. The standard InChI is InChI=1S/C44H27NS/c1-2-15-32-28(11-1)23-24-39-35-17-5-7-21-40(35)45(44(32)39)30-13-9-12-29(27-30)31-14-3-4-16-33(31)34-25-26-42-43-37(34)19-10-20-38(43)36-18-6-8-22-41(36)46-42/h1-27H. The molecule has 2 heterocycles. The van der Waals surface area contributed by atoms with Gasteiger partial charge in [0, 0.05) is 37.0 Å². The third-order valence-electron chi connectivity index (χ3n) is 9.59. The zero-order chi connectivity index (χ0) is 30.2. The molecule has 0 unspecified atom stereocenters. The second-order valence-electron chi connectivity index (χ2n) is 12.1. The molecule has 0 spiro atoms. The highest BCUT2D eigenvalue weighted by atomic mass is 32.2. The van der Waals surface area contributed by atoms with Crippen molar-refractivity contribution < 1.29 is 0 Å². The average molecular weight is 602 g/mol. The molecule has 214 valence electrons. The molecule has 1 aromatic heterocycles. The predicted octanol–water partition coefficient (Wildman–Crippen LogP) is 12.6. The van der Waals surface area contributed by atoms with E-state index < -0.39 is 0 Å². The number of hydrogen-bond donors (Lipinski definition) is 0. The molecule has 0 amide bonds. The van der Waals surface area contributed by atoms with Crippen LogP contribution < -0.4 is 0 Å². The van der Waals surface area contributed by atoms with E-state index in [2.05, 4.69) is 168 Å². The van der Waals surface area contributed by atoms with E-state index in [4.69, 9.17) is 0 Å². The summed E-state index contributed by atoms with van der Waals surface area (Å²) in [6.45, 7) is 0. The van der Waals surface area contributed by atoms with Crippen LogP contribution in [0, 0.1) is 0 Å². The Morgan fingerprint density at radius 3 is 2.04 bits per heavy atom. The Morgan fingerprint density at radius 2 is 1.11 bits per heavy atom. The molecular weight excluding hydrogens is 575 g/mol. The van der Waals surface area contributed by atoms with Crippen molar-refractivity contribution in [2.45, 2.75) is 9.79 Å². The van der Waals surface area contributed by atoms with Gasteiger partial charge in [-0.25, -0.2) is 0 Å². The monoisotopic (exact) mass is 601 g/mol. The summed E-state index contributed by atoms with van der Waals surface area (Å²) in [7, 11) is 0. The van der Waals surface area contributed by atoms with Gasteiger partial charge in [-0.2, -0.15) is 0 Å². The van der Waals surface area contributed by atoms with Crippen molar-refractivity contribution >= 4 is 55.1 Å². The lowest BCUT2D eigenvalue weighted by molar-refractivity contribution is 1.19. The smallest absolute Gasteiger partial charge is 0.0619 e. The van der Waals surface area contributed by atoms with Crippen LogP contribution in [0.5, 0.6) is 0 Å². The van der Waals surface area contributed by atoms with Crippen molar-refractivity contribution in [1.82, 2.24) is 4.57 Å². The van der Waals surface area contributed by atoms with Gasteiger partial charge in [-0.1, -0.05) is 145 Å². The molecule has 0 bridgehead atoms. The third kappa shape index (κ3) is 3.71. The maximum atomic E-state index is 2.45. The molecule has 0 N–H and O–H groups in total. The quantitative estimate of drug-likeness (QED) is 0.195. The number of para-hydroxylation sites is 1. The van der Waals surface area contributed by atoms with Gasteiger partial charge in [-0.05, 0) is 74.5 Å². The SMILES string of the molecule is c1cc(-c2ccccc2-c2ccc3c4c(cccc24)-c2ccccc2S3)cc(-n2c3ccccc3c3ccc4ccccc4c32)c1. The number of benzene rings is 8. The first-order valence-corrected chi connectivity index (χ1v) is 16.6. The van der Waals surface area contributed by atoms with Gasteiger partial charge in [0.05, 0.1) is 11.0 Å².